The molecule has 0 bridgehead atoms. The number of urea groups is 1. The number of hydrogen-bond donors (Lipinski definition) is 1. The number of hydrogen-bond acceptors (Lipinski definition) is 5. The van der Waals surface area contributed by atoms with Crippen LogP contribution in [0.5, 0.6) is 5.75 Å². The van der Waals surface area contributed by atoms with Crippen LogP contribution in [0, 0.1) is 0 Å². The van der Waals surface area contributed by atoms with E-state index in [1.807, 2.05) is 56.3 Å². The lowest BCUT2D eigenvalue weighted by Crippen LogP contribution is -2.46. The average molecular weight is 481 g/mol. The van der Waals surface area contributed by atoms with E-state index in [-0.39, 0.29) is 6.03 Å². The minimum atomic E-state index is -0.456. The van der Waals surface area contributed by atoms with E-state index in [2.05, 4.69) is 17.4 Å². The highest BCUT2D eigenvalue weighted by Crippen LogP contribution is 2.38. The van der Waals surface area contributed by atoms with Crippen molar-refractivity contribution < 1.29 is 14.1 Å². The number of halogens is 1. The Kier molecular flexibility index (Phi) is 7.53. The molecule has 1 aliphatic rings. The summed E-state index contributed by atoms with van der Waals surface area (Å²) in [4.78, 5) is 19.5. The average Bonchev–Trinajstić information content (AvgIpc) is 3.31. The third-order valence-corrected chi connectivity index (χ3v) is 6.08. The second kappa shape index (κ2) is 10.7. The fraction of sp³-hybridized carbons (Fsp3) is 0.346. The van der Waals surface area contributed by atoms with Crippen LogP contribution in [0.1, 0.15) is 57.5 Å². The minimum absolute atomic E-state index is 0.145. The van der Waals surface area contributed by atoms with Gasteiger partial charge in [-0.2, -0.15) is 4.98 Å². The van der Waals surface area contributed by atoms with E-state index in [1.165, 1.54) is 0 Å². The van der Waals surface area contributed by atoms with Crippen molar-refractivity contribution in [2.45, 2.75) is 46.1 Å². The van der Waals surface area contributed by atoms with Gasteiger partial charge in [-0.05, 0) is 62.2 Å². The van der Waals surface area contributed by atoms with Crippen LogP contribution in [0.4, 0.5) is 4.79 Å². The molecule has 34 heavy (non-hydrogen) atoms. The first-order chi connectivity index (χ1) is 16.5. The van der Waals surface area contributed by atoms with Crippen LogP contribution >= 0.6 is 11.6 Å². The van der Waals surface area contributed by atoms with Gasteiger partial charge in [-0.25, -0.2) is 4.79 Å². The van der Waals surface area contributed by atoms with Crippen molar-refractivity contribution in [3.8, 4) is 17.1 Å². The maximum atomic E-state index is 13.0. The molecule has 178 valence electrons. The molecule has 2 amide bonds. The van der Waals surface area contributed by atoms with Gasteiger partial charge in [0, 0.05) is 22.8 Å². The summed E-state index contributed by atoms with van der Waals surface area (Å²) in [5.74, 6) is 1.62. The maximum absolute atomic E-state index is 13.0. The molecule has 1 aliphatic heterocycles. The molecule has 3 aromatic rings. The van der Waals surface area contributed by atoms with Crippen molar-refractivity contribution in [1.82, 2.24) is 20.4 Å². The number of rotatable bonds is 9. The molecule has 2 aromatic carbocycles. The van der Waals surface area contributed by atoms with Crippen LogP contribution in [0.2, 0.25) is 5.02 Å². The van der Waals surface area contributed by atoms with Gasteiger partial charge in [-0.15, -0.1) is 0 Å². The number of amides is 2. The van der Waals surface area contributed by atoms with E-state index >= 15 is 0 Å². The number of nitrogens with one attached hydrogen (secondary N) is 1. The fourth-order valence-corrected chi connectivity index (χ4v) is 4.30. The summed E-state index contributed by atoms with van der Waals surface area (Å²) in [6.45, 7) is 7.24. The fourth-order valence-electron chi connectivity index (χ4n) is 4.10. The molecule has 0 spiro atoms. The highest BCUT2D eigenvalue weighted by atomic mass is 35.5. The zero-order valence-corrected chi connectivity index (χ0v) is 20.4. The Morgan fingerprint density at radius 2 is 1.94 bits per heavy atom. The SMILES string of the molecule is CCCCCN1C(=O)NC(c2cccc(Cl)c2)C(c2nc(-c3ccc(OCC)cc3)no2)=C1C. The highest BCUT2D eigenvalue weighted by Gasteiger charge is 2.35. The van der Waals surface area contributed by atoms with Gasteiger partial charge >= 0.3 is 6.03 Å². The van der Waals surface area contributed by atoms with Gasteiger partial charge in [0.05, 0.1) is 18.2 Å². The van der Waals surface area contributed by atoms with Gasteiger partial charge < -0.3 is 14.6 Å². The number of carbonyl (C=O) groups is 1. The molecule has 0 fully saturated rings. The zero-order valence-electron chi connectivity index (χ0n) is 19.7. The lowest BCUT2D eigenvalue weighted by atomic mass is 9.94. The highest BCUT2D eigenvalue weighted by molar-refractivity contribution is 6.30. The molecule has 7 nitrogen and oxygen atoms in total. The van der Waals surface area contributed by atoms with E-state index in [0.29, 0.717) is 29.9 Å². The maximum Gasteiger partial charge on any atom is 0.322 e. The van der Waals surface area contributed by atoms with Crippen molar-refractivity contribution in [2.24, 2.45) is 0 Å². The van der Waals surface area contributed by atoms with Gasteiger partial charge in [0.15, 0.2) is 0 Å². The second-order valence-corrected chi connectivity index (χ2v) is 8.61. The predicted octanol–water partition coefficient (Wildman–Crippen LogP) is 6.48. The molecule has 0 saturated heterocycles. The van der Waals surface area contributed by atoms with E-state index in [1.54, 1.807) is 11.0 Å². The van der Waals surface area contributed by atoms with Crippen molar-refractivity contribution in [2.75, 3.05) is 13.2 Å². The molecule has 1 N–H and O–H groups in total. The number of nitrogens with zero attached hydrogens (tertiary/aromatic N) is 3. The first-order valence-electron chi connectivity index (χ1n) is 11.6. The topological polar surface area (TPSA) is 80.5 Å². The summed E-state index contributed by atoms with van der Waals surface area (Å²) in [5, 5.41) is 7.92. The van der Waals surface area contributed by atoms with Gasteiger partial charge in [0.25, 0.3) is 5.89 Å². The standard InChI is InChI=1S/C26H29ClN4O3/c1-4-6-7-15-31-17(3)22(23(28-26(31)32)19-9-8-10-20(27)16-19)25-29-24(30-34-25)18-11-13-21(14-12-18)33-5-2/h8-14,16,23H,4-7,15H2,1-3H3,(H,28,32). The lowest BCUT2D eigenvalue weighted by Gasteiger charge is -2.35. The summed E-state index contributed by atoms with van der Waals surface area (Å²) in [5.41, 5.74) is 3.23. The van der Waals surface area contributed by atoms with Gasteiger partial charge in [0.1, 0.15) is 5.75 Å². The van der Waals surface area contributed by atoms with E-state index < -0.39 is 6.04 Å². The monoisotopic (exact) mass is 480 g/mol. The Hall–Kier alpha value is -3.32. The number of ether oxygens (including phenoxy) is 1. The van der Waals surface area contributed by atoms with Crippen molar-refractivity contribution in [3.05, 3.63) is 70.7 Å². The van der Waals surface area contributed by atoms with E-state index in [0.717, 1.165) is 47.4 Å². The Labute approximate surface area is 204 Å². The molecular weight excluding hydrogens is 452 g/mol. The van der Waals surface area contributed by atoms with Crippen molar-refractivity contribution in [1.29, 1.82) is 0 Å². The van der Waals surface area contributed by atoms with E-state index in [4.69, 9.17) is 25.8 Å². The normalized spacial score (nSPS) is 16.1. The first-order valence-corrected chi connectivity index (χ1v) is 12.0. The number of unbranched alkanes of at least 4 members (excludes halogenated alkanes) is 2. The van der Waals surface area contributed by atoms with Crippen LogP contribution in [0.15, 0.2) is 58.8 Å². The second-order valence-electron chi connectivity index (χ2n) is 8.18. The summed E-state index contributed by atoms with van der Waals surface area (Å²) in [6.07, 6.45) is 3.04. The van der Waals surface area contributed by atoms with Crippen LogP contribution in [-0.2, 0) is 0 Å². The van der Waals surface area contributed by atoms with Crippen LogP contribution in [0.3, 0.4) is 0 Å². The summed E-state index contributed by atoms with van der Waals surface area (Å²) < 4.78 is 11.3. The molecule has 0 radical (unpaired) electrons. The number of allylic oxidation sites excluding steroid dienone is 1. The molecule has 1 unspecified atom stereocenters. The molecule has 4 rings (SSSR count). The number of aromatic nitrogens is 2. The minimum Gasteiger partial charge on any atom is -0.494 e. The smallest absolute Gasteiger partial charge is 0.322 e. The Balaban J connectivity index is 1.73. The zero-order chi connectivity index (χ0) is 24.1. The largest absolute Gasteiger partial charge is 0.494 e. The van der Waals surface area contributed by atoms with Gasteiger partial charge in [-0.3, -0.25) is 4.90 Å². The van der Waals surface area contributed by atoms with Gasteiger partial charge in [0.2, 0.25) is 5.82 Å². The molecule has 1 aromatic heterocycles. The predicted molar refractivity (Wildman–Crippen MR) is 132 cm³/mol. The van der Waals surface area contributed by atoms with Crippen LogP contribution in [0.25, 0.3) is 17.0 Å². The Bertz CT molecular complexity index is 1170. The molecular formula is C26H29ClN4O3. The molecule has 0 saturated carbocycles. The molecule has 1 atom stereocenters. The van der Waals surface area contributed by atoms with Crippen LogP contribution < -0.4 is 10.1 Å². The molecule has 8 heteroatoms. The Morgan fingerprint density at radius 3 is 2.65 bits per heavy atom. The number of carbonyl (C=O) groups excluding carboxylic acids is 1. The molecule has 2 heterocycles. The van der Waals surface area contributed by atoms with Gasteiger partial charge in [-0.1, -0.05) is 48.7 Å². The Morgan fingerprint density at radius 1 is 1.15 bits per heavy atom. The van der Waals surface area contributed by atoms with E-state index in [9.17, 15) is 4.79 Å². The first kappa shape index (κ1) is 23.8. The summed E-state index contributed by atoms with van der Waals surface area (Å²) >= 11 is 6.26. The summed E-state index contributed by atoms with van der Waals surface area (Å²) in [7, 11) is 0. The molecule has 0 aliphatic carbocycles. The lowest BCUT2D eigenvalue weighted by molar-refractivity contribution is 0.204. The third kappa shape index (κ3) is 5.09. The van der Waals surface area contributed by atoms with Crippen molar-refractivity contribution in [3.63, 3.8) is 0 Å². The number of benzene rings is 2. The quantitative estimate of drug-likeness (QED) is 0.354. The van der Waals surface area contributed by atoms with Crippen molar-refractivity contribution >= 4 is 23.2 Å². The van der Waals surface area contributed by atoms with Crippen LogP contribution in [-0.4, -0.2) is 34.2 Å². The third-order valence-electron chi connectivity index (χ3n) is 5.84. The summed E-state index contributed by atoms with van der Waals surface area (Å²) in [6, 6.07) is 14.4.